The second-order valence-electron chi connectivity index (χ2n) is 4.24. The van der Waals surface area contributed by atoms with Gasteiger partial charge >= 0.3 is 0 Å². The molecule has 0 aromatic heterocycles. The summed E-state index contributed by atoms with van der Waals surface area (Å²) in [5.41, 5.74) is 7.35. The van der Waals surface area contributed by atoms with Crippen LogP contribution in [-0.2, 0) is 0 Å². The summed E-state index contributed by atoms with van der Waals surface area (Å²) in [5, 5.41) is 0.789. The third-order valence-corrected chi connectivity index (χ3v) is 4.06. The number of halogens is 2. The first-order valence-corrected chi connectivity index (χ1v) is 6.56. The first-order chi connectivity index (χ1) is 7.18. The summed E-state index contributed by atoms with van der Waals surface area (Å²) in [4.78, 5) is 0. The first kappa shape index (κ1) is 11.4. The van der Waals surface area contributed by atoms with E-state index in [1.54, 1.807) is 0 Å². The zero-order chi connectivity index (χ0) is 10.8. The van der Waals surface area contributed by atoms with Gasteiger partial charge in [-0.2, -0.15) is 0 Å². The lowest BCUT2D eigenvalue weighted by Gasteiger charge is -2.20. The molecule has 0 radical (unpaired) electrons. The average Bonchev–Trinajstić information content (AvgIpc) is 2.74. The van der Waals surface area contributed by atoms with Gasteiger partial charge in [-0.05, 0) is 42.5 Å². The zero-order valence-electron chi connectivity index (χ0n) is 8.55. The quantitative estimate of drug-likeness (QED) is 0.863. The zero-order valence-corrected chi connectivity index (χ0v) is 10.9. The molecular weight excluding hydrogens is 273 g/mol. The average molecular weight is 289 g/mol. The third-order valence-electron chi connectivity index (χ3n) is 3.22. The van der Waals surface area contributed by atoms with E-state index >= 15 is 0 Å². The summed E-state index contributed by atoms with van der Waals surface area (Å²) >= 11 is 9.63. The molecule has 0 heterocycles. The minimum Gasteiger partial charge on any atom is -0.324 e. The molecule has 1 aromatic carbocycles. The molecule has 1 atom stereocenters. The topological polar surface area (TPSA) is 26.0 Å². The highest BCUT2D eigenvalue weighted by molar-refractivity contribution is 9.10. The van der Waals surface area contributed by atoms with Crippen LogP contribution in [0.5, 0.6) is 0 Å². The Morgan fingerprint density at radius 2 is 2.00 bits per heavy atom. The van der Waals surface area contributed by atoms with E-state index in [0.29, 0.717) is 5.92 Å². The first-order valence-electron chi connectivity index (χ1n) is 5.39. The lowest BCUT2D eigenvalue weighted by Crippen LogP contribution is -2.19. The van der Waals surface area contributed by atoms with E-state index in [-0.39, 0.29) is 6.04 Å². The molecule has 0 bridgehead atoms. The monoisotopic (exact) mass is 287 g/mol. The van der Waals surface area contributed by atoms with Crippen LogP contribution in [0.15, 0.2) is 22.7 Å². The molecule has 3 heteroatoms. The molecule has 15 heavy (non-hydrogen) atoms. The summed E-state index contributed by atoms with van der Waals surface area (Å²) in [6.45, 7) is 0. The van der Waals surface area contributed by atoms with Gasteiger partial charge in [0.2, 0.25) is 0 Å². The molecule has 0 aliphatic heterocycles. The maximum atomic E-state index is 6.26. The molecule has 1 nitrogen and oxygen atoms in total. The van der Waals surface area contributed by atoms with Crippen molar-refractivity contribution in [2.75, 3.05) is 0 Å². The van der Waals surface area contributed by atoms with Gasteiger partial charge in [-0.1, -0.05) is 40.4 Å². The Hall–Kier alpha value is -0.0500. The van der Waals surface area contributed by atoms with Crippen LogP contribution in [0.1, 0.15) is 37.3 Å². The van der Waals surface area contributed by atoms with Crippen LogP contribution in [0.4, 0.5) is 0 Å². The molecule has 1 aliphatic carbocycles. The van der Waals surface area contributed by atoms with Gasteiger partial charge in [-0.3, -0.25) is 0 Å². The fraction of sp³-hybridized carbons (Fsp3) is 0.500. The largest absolute Gasteiger partial charge is 0.324 e. The van der Waals surface area contributed by atoms with Crippen LogP contribution in [0.25, 0.3) is 0 Å². The molecule has 1 saturated carbocycles. The van der Waals surface area contributed by atoms with Gasteiger partial charge in [0.1, 0.15) is 0 Å². The van der Waals surface area contributed by atoms with Gasteiger partial charge in [0, 0.05) is 15.5 Å². The van der Waals surface area contributed by atoms with Crippen molar-refractivity contribution in [3.63, 3.8) is 0 Å². The second-order valence-corrected chi connectivity index (χ2v) is 5.56. The summed E-state index contributed by atoms with van der Waals surface area (Å²) in [6, 6.07) is 6.01. The predicted octanol–water partition coefficient (Wildman–Crippen LogP) is 4.29. The predicted molar refractivity (Wildman–Crippen MR) is 68.0 cm³/mol. The highest BCUT2D eigenvalue weighted by Crippen LogP contribution is 2.37. The highest BCUT2D eigenvalue weighted by atomic mass is 79.9. The molecule has 2 rings (SSSR count). The maximum Gasteiger partial charge on any atom is 0.0454 e. The van der Waals surface area contributed by atoms with Crippen LogP contribution in [0, 0.1) is 5.92 Å². The third kappa shape index (κ3) is 2.55. The van der Waals surface area contributed by atoms with Gasteiger partial charge in [-0.15, -0.1) is 0 Å². The van der Waals surface area contributed by atoms with Crippen molar-refractivity contribution in [2.24, 2.45) is 11.7 Å². The molecule has 0 saturated heterocycles. The number of hydrogen-bond acceptors (Lipinski definition) is 1. The van der Waals surface area contributed by atoms with E-state index in [2.05, 4.69) is 15.9 Å². The molecule has 82 valence electrons. The van der Waals surface area contributed by atoms with E-state index in [1.165, 1.54) is 25.7 Å². The molecule has 2 N–H and O–H groups in total. The van der Waals surface area contributed by atoms with Crippen LogP contribution < -0.4 is 5.73 Å². The van der Waals surface area contributed by atoms with Crippen molar-refractivity contribution in [3.05, 3.63) is 33.3 Å². The van der Waals surface area contributed by atoms with Crippen LogP contribution in [-0.4, -0.2) is 0 Å². The summed E-state index contributed by atoms with van der Waals surface area (Å²) in [5.74, 6) is 0.608. The molecule has 0 amide bonds. The molecule has 0 unspecified atom stereocenters. The lowest BCUT2D eigenvalue weighted by molar-refractivity contribution is 0.445. The highest BCUT2D eigenvalue weighted by Gasteiger charge is 2.24. The molecule has 0 spiro atoms. The van der Waals surface area contributed by atoms with Crippen molar-refractivity contribution >= 4 is 27.5 Å². The normalized spacial score (nSPS) is 19.4. The number of hydrogen-bond donors (Lipinski definition) is 1. The number of benzene rings is 1. The molecular formula is C12H15BrClN. The Labute approximate surface area is 104 Å². The maximum absolute atomic E-state index is 6.26. The van der Waals surface area contributed by atoms with E-state index in [9.17, 15) is 0 Å². The fourth-order valence-electron chi connectivity index (χ4n) is 2.34. The summed E-state index contributed by atoms with van der Waals surface area (Å²) < 4.78 is 1.05. The van der Waals surface area contributed by atoms with Crippen molar-refractivity contribution < 1.29 is 0 Å². The number of rotatable bonds is 2. The number of nitrogens with two attached hydrogens (primary N) is 1. The Bertz CT molecular complexity index is 347. The molecule has 1 fully saturated rings. The molecule has 1 aromatic rings. The van der Waals surface area contributed by atoms with Gasteiger partial charge in [0.15, 0.2) is 0 Å². The molecule has 1 aliphatic rings. The minimum atomic E-state index is 0.0949. The Kier molecular flexibility index (Phi) is 3.70. The van der Waals surface area contributed by atoms with Crippen LogP contribution in [0.3, 0.4) is 0 Å². The summed E-state index contributed by atoms with van der Waals surface area (Å²) in [6.07, 6.45) is 5.10. The Morgan fingerprint density at radius 1 is 1.33 bits per heavy atom. The SMILES string of the molecule is N[C@H](c1cc(Br)ccc1Cl)C1CCCC1. The summed E-state index contributed by atoms with van der Waals surface area (Å²) in [7, 11) is 0. The minimum absolute atomic E-state index is 0.0949. The van der Waals surface area contributed by atoms with Crippen molar-refractivity contribution in [1.82, 2.24) is 0 Å². The van der Waals surface area contributed by atoms with E-state index in [0.717, 1.165) is 15.1 Å². The van der Waals surface area contributed by atoms with Gasteiger partial charge in [0.05, 0.1) is 0 Å². The van der Waals surface area contributed by atoms with Gasteiger partial charge in [0.25, 0.3) is 0 Å². The van der Waals surface area contributed by atoms with Crippen LogP contribution in [0.2, 0.25) is 5.02 Å². The standard InChI is InChI=1S/C12H15BrClN/c13-9-5-6-11(14)10(7-9)12(15)8-3-1-2-4-8/h5-8,12H,1-4,15H2/t12-/m0/s1. The van der Waals surface area contributed by atoms with Crippen molar-refractivity contribution in [2.45, 2.75) is 31.7 Å². The van der Waals surface area contributed by atoms with Crippen LogP contribution >= 0.6 is 27.5 Å². The van der Waals surface area contributed by atoms with Gasteiger partial charge in [-0.25, -0.2) is 0 Å². The van der Waals surface area contributed by atoms with Gasteiger partial charge < -0.3 is 5.73 Å². The lowest BCUT2D eigenvalue weighted by atomic mass is 9.92. The van der Waals surface area contributed by atoms with E-state index < -0.39 is 0 Å². The van der Waals surface area contributed by atoms with Crippen molar-refractivity contribution in [3.8, 4) is 0 Å². The van der Waals surface area contributed by atoms with E-state index in [4.69, 9.17) is 17.3 Å². The Balaban J connectivity index is 2.23. The Morgan fingerprint density at radius 3 is 2.67 bits per heavy atom. The fourth-order valence-corrected chi connectivity index (χ4v) is 2.96. The van der Waals surface area contributed by atoms with Crippen molar-refractivity contribution in [1.29, 1.82) is 0 Å². The smallest absolute Gasteiger partial charge is 0.0454 e. The van der Waals surface area contributed by atoms with E-state index in [1.807, 2.05) is 18.2 Å². The second kappa shape index (κ2) is 4.86.